The fourth-order valence-electron chi connectivity index (χ4n) is 1.74. The first-order valence-electron chi connectivity index (χ1n) is 6.29. The standard InChI is InChI=1S/C13H19N5O/c1-9(2)19-8-7-15-12-10-5-3-4-6-11(10)16-13(17-12)18-14/h3-6,9H,7-8,14H2,1-2H3,(H2,15,16,17,18). The van der Waals surface area contributed by atoms with E-state index in [4.69, 9.17) is 10.6 Å². The molecule has 0 aliphatic rings. The number of hydrazine groups is 1. The number of hydrogen-bond donors (Lipinski definition) is 3. The number of para-hydroxylation sites is 1. The molecule has 0 saturated carbocycles. The highest BCUT2D eigenvalue weighted by Gasteiger charge is 2.06. The summed E-state index contributed by atoms with van der Waals surface area (Å²) in [6, 6.07) is 7.78. The van der Waals surface area contributed by atoms with E-state index in [0.717, 1.165) is 16.7 Å². The lowest BCUT2D eigenvalue weighted by atomic mass is 10.2. The summed E-state index contributed by atoms with van der Waals surface area (Å²) in [6.45, 7) is 5.33. The van der Waals surface area contributed by atoms with Crippen LogP contribution in [0, 0.1) is 0 Å². The third-order valence-electron chi connectivity index (χ3n) is 2.58. The van der Waals surface area contributed by atoms with Gasteiger partial charge in [0.15, 0.2) is 0 Å². The third kappa shape index (κ3) is 3.52. The molecule has 6 heteroatoms. The Balaban J connectivity index is 2.16. The number of hydrogen-bond acceptors (Lipinski definition) is 6. The van der Waals surface area contributed by atoms with E-state index >= 15 is 0 Å². The maximum atomic E-state index is 5.49. The smallest absolute Gasteiger partial charge is 0.239 e. The van der Waals surface area contributed by atoms with Gasteiger partial charge in [-0.1, -0.05) is 12.1 Å². The van der Waals surface area contributed by atoms with Crippen molar-refractivity contribution in [2.45, 2.75) is 20.0 Å². The average molecular weight is 261 g/mol. The third-order valence-corrected chi connectivity index (χ3v) is 2.58. The van der Waals surface area contributed by atoms with Crippen molar-refractivity contribution in [2.75, 3.05) is 23.9 Å². The first-order chi connectivity index (χ1) is 9.20. The van der Waals surface area contributed by atoms with E-state index in [1.54, 1.807) is 0 Å². The lowest BCUT2D eigenvalue weighted by Gasteiger charge is -2.11. The van der Waals surface area contributed by atoms with Gasteiger partial charge in [-0.3, -0.25) is 5.43 Å². The van der Waals surface area contributed by atoms with Gasteiger partial charge in [0.2, 0.25) is 5.95 Å². The second-order valence-corrected chi connectivity index (χ2v) is 4.40. The van der Waals surface area contributed by atoms with Gasteiger partial charge in [-0.2, -0.15) is 4.98 Å². The molecular weight excluding hydrogens is 242 g/mol. The van der Waals surface area contributed by atoms with Gasteiger partial charge in [0.1, 0.15) is 5.82 Å². The van der Waals surface area contributed by atoms with Crippen molar-refractivity contribution in [3.8, 4) is 0 Å². The second-order valence-electron chi connectivity index (χ2n) is 4.40. The average Bonchev–Trinajstić information content (AvgIpc) is 2.42. The zero-order valence-corrected chi connectivity index (χ0v) is 11.2. The summed E-state index contributed by atoms with van der Waals surface area (Å²) in [5.74, 6) is 6.53. The minimum Gasteiger partial charge on any atom is -0.377 e. The zero-order valence-electron chi connectivity index (χ0n) is 11.2. The van der Waals surface area contributed by atoms with E-state index < -0.39 is 0 Å². The van der Waals surface area contributed by atoms with Crippen molar-refractivity contribution in [1.82, 2.24) is 9.97 Å². The van der Waals surface area contributed by atoms with Crippen LogP contribution < -0.4 is 16.6 Å². The maximum absolute atomic E-state index is 5.49. The maximum Gasteiger partial charge on any atom is 0.239 e. The van der Waals surface area contributed by atoms with Crippen LogP contribution in [0.25, 0.3) is 10.9 Å². The van der Waals surface area contributed by atoms with Gasteiger partial charge in [0.25, 0.3) is 0 Å². The Hall–Kier alpha value is -1.92. The van der Waals surface area contributed by atoms with Gasteiger partial charge in [0.05, 0.1) is 18.2 Å². The molecule has 2 aromatic rings. The van der Waals surface area contributed by atoms with Crippen molar-refractivity contribution in [3.63, 3.8) is 0 Å². The molecular formula is C13H19N5O. The van der Waals surface area contributed by atoms with Crippen LogP contribution in [0.15, 0.2) is 24.3 Å². The summed E-state index contributed by atoms with van der Waals surface area (Å²) in [7, 11) is 0. The molecule has 1 heterocycles. The number of nitrogens with two attached hydrogens (primary N) is 1. The molecule has 0 spiro atoms. The van der Waals surface area contributed by atoms with E-state index in [1.807, 2.05) is 38.1 Å². The van der Waals surface area contributed by atoms with Crippen molar-refractivity contribution in [3.05, 3.63) is 24.3 Å². The van der Waals surface area contributed by atoms with Crippen molar-refractivity contribution >= 4 is 22.7 Å². The lowest BCUT2D eigenvalue weighted by Crippen LogP contribution is -2.16. The van der Waals surface area contributed by atoms with E-state index in [9.17, 15) is 0 Å². The summed E-state index contributed by atoms with van der Waals surface area (Å²) in [6.07, 6.45) is 0.227. The number of nitrogen functional groups attached to an aromatic ring is 1. The number of aromatic nitrogens is 2. The van der Waals surface area contributed by atoms with Gasteiger partial charge in [0, 0.05) is 11.9 Å². The van der Waals surface area contributed by atoms with Crippen LogP contribution in [0.3, 0.4) is 0 Å². The molecule has 4 N–H and O–H groups in total. The number of benzene rings is 1. The minimum atomic E-state index is 0.227. The van der Waals surface area contributed by atoms with Crippen LogP contribution in [0.4, 0.5) is 11.8 Å². The summed E-state index contributed by atoms with van der Waals surface area (Å²) >= 11 is 0. The molecule has 0 aliphatic carbocycles. The Bertz CT molecular complexity index is 544. The molecule has 0 saturated heterocycles. The van der Waals surface area contributed by atoms with E-state index in [1.165, 1.54) is 0 Å². The molecule has 1 aromatic carbocycles. The van der Waals surface area contributed by atoms with Gasteiger partial charge in [-0.05, 0) is 26.0 Å². The van der Waals surface area contributed by atoms with Crippen LogP contribution >= 0.6 is 0 Å². The molecule has 0 radical (unpaired) electrons. The molecule has 102 valence electrons. The van der Waals surface area contributed by atoms with Gasteiger partial charge >= 0.3 is 0 Å². The van der Waals surface area contributed by atoms with E-state index in [-0.39, 0.29) is 6.10 Å². The first-order valence-corrected chi connectivity index (χ1v) is 6.29. The predicted molar refractivity (Wildman–Crippen MR) is 76.9 cm³/mol. The summed E-state index contributed by atoms with van der Waals surface area (Å²) in [5.41, 5.74) is 3.32. The van der Waals surface area contributed by atoms with Crippen molar-refractivity contribution in [1.29, 1.82) is 0 Å². The molecule has 1 aromatic heterocycles. The van der Waals surface area contributed by atoms with Crippen LogP contribution in [-0.4, -0.2) is 29.2 Å². The highest BCUT2D eigenvalue weighted by atomic mass is 16.5. The predicted octanol–water partition coefficient (Wildman–Crippen LogP) is 1.75. The van der Waals surface area contributed by atoms with E-state index in [2.05, 4.69) is 20.7 Å². The lowest BCUT2D eigenvalue weighted by molar-refractivity contribution is 0.0870. The normalized spacial score (nSPS) is 10.9. The number of anilines is 2. The monoisotopic (exact) mass is 261 g/mol. The largest absolute Gasteiger partial charge is 0.377 e. The molecule has 0 amide bonds. The van der Waals surface area contributed by atoms with Crippen LogP contribution in [-0.2, 0) is 4.74 Å². The van der Waals surface area contributed by atoms with E-state index in [0.29, 0.717) is 19.1 Å². The summed E-state index contributed by atoms with van der Waals surface area (Å²) in [5, 5.41) is 4.21. The van der Waals surface area contributed by atoms with Crippen molar-refractivity contribution in [2.24, 2.45) is 5.84 Å². The number of rotatable bonds is 6. The second kappa shape index (κ2) is 6.31. The Morgan fingerprint density at radius 3 is 2.79 bits per heavy atom. The molecule has 0 aliphatic heterocycles. The fourth-order valence-corrected chi connectivity index (χ4v) is 1.74. The Labute approximate surface area is 112 Å². The van der Waals surface area contributed by atoms with Crippen LogP contribution in [0.1, 0.15) is 13.8 Å². The van der Waals surface area contributed by atoms with Crippen LogP contribution in [0.5, 0.6) is 0 Å². The number of nitrogens with zero attached hydrogens (tertiary/aromatic N) is 2. The van der Waals surface area contributed by atoms with Gasteiger partial charge < -0.3 is 10.1 Å². The van der Waals surface area contributed by atoms with Crippen molar-refractivity contribution < 1.29 is 4.74 Å². The molecule has 0 unspecified atom stereocenters. The fraction of sp³-hybridized carbons (Fsp3) is 0.385. The summed E-state index contributed by atoms with van der Waals surface area (Å²) < 4.78 is 5.49. The van der Waals surface area contributed by atoms with Gasteiger partial charge in [-0.15, -0.1) is 0 Å². The topological polar surface area (TPSA) is 85.1 Å². The highest BCUT2D eigenvalue weighted by molar-refractivity contribution is 5.89. The number of fused-ring (bicyclic) bond motifs is 1. The highest BCUT2D eigenvalue weighted by Crippen LogP contribution is 2.21. The SMILES string of the molecule is CC(C)OCCNc1nc(NN)nc2ccccc12. The number of nitrogens with one attached hydrogen (secondary N) is 2. The Morgan fingerprint density at radius 1 is 1.26 bits per heavy atom. The number of ether oxygens (including phenoxy) is 1. The molecule has 6 nitrogen and oxygen atoms in total. The quantitative estimate of drug-likeness (QED) is 0.417. The molecule has 0 atom stereocenters. The zero-order chi connectivity index (χ0) is 13.7. The summed E-state index contributed by atoms with van der Waals surface area (Å²) in [4.78, 5) is 8.61. The first kappa shape index (κ1) is 13.5. The Kier molecular flexibility index (Phi) is 4.48. The molecule has 19 heavy (non-hydrogen) atoms. The minimum absolute atomic E-state index is 0.227. The Morgan fingerprint density at radius 2 is 2.05 bits per heavy atom. The molecule has 0 bridgehead atoms. The molecule has 2 rings (SSSR count). The van der Waals surface area contributed by atoms with Gasteiger partial charge in [-0.25, -0.2) is 10.8 Å². The van der Waals surface area contributed by atoms with Crippen LogP contribution in [0.2, 0.25) is 0 Å². The molecule has 0 fully saturated rings.